The third kappa shape index (κ3) is 4.01. The molecule has 0 bridgehead atoms. The van der Waals surface area contributed by atoms with Crippen LogP contribution < -0.4 is 5.32 Å². The highest BCUT2D eigenvalue weighted by Crippen LogP contribution is 2.10. The van der Waals surface area contributed by atoms with E-state index in [1.165, 1.54) is 0 Å². The third-order valence-corrected chi connectivity index (χ3v) is 4.53. The van der Waals surface area contributed by atoms with Crippen LogP contribution >= 0.6 is 0 Å². The summed E-state index contributed by atoms with van der Waals surface area (Å²) in [5, 5.41) is 3.17. The van der Waals surface area contributed by atoms with Crippen molar-refractivity contribution in [3.63, 3.8) is 0 Å². The Morgan fingerprint density at radius 1 is 1.50 bits per heavy atom. The Labute approximate surface area is 98.2 Å². The van der Waals surface area contributed by atoms with E-state index in [0.717, 1.165) is 13.1 Å². The fourth-order valence-electron chi connectivity index (χ4n) is 1.74. The number of ether oxygens (including phenoxy) is 1. The van der Waals surface area contributed by atoms with Gasteiger partial charge in [0, 0.05) is 25.7 Å². The molecule has 0 saturated carbocycles. The number of hydrogen-bond acceptors (Lipinski definition) is 4. The molecule has 0 aromatic heterocycles. The van der Waals surface area contributed by atoms with E-state index in [2.05, 4.69) is 5.32 Å². The summed E-state index contributed by atoms with van der Waals surface area (Å²) in [5.41, 5.74) is 0. The lowest BCUT2D eigenvalue weighted by molar-refractivity contribution is 0.0904. The van der Waals surface area contributed by atoms with Gasteiger partial charge in [-0.2, -0.15) is 4.31 Å². The first-order chi connectivity index (χ1) is 7.43. The van der Waals surface area contributed by atoms with Crippen LogP contribution in [-0.2, 0) is 14.8 Å². The zero-order valence-corrected chi connectivity index (χ0v) is 11.1. The molecule has 1 aliphatic heterocycles. The van der Waals surface area contributed by atoms with Crippen LogP contribution in [0.1, 0.15) is 20.8 Å². The molecule has 0 spiro atoms. The number of hydrogen-bond donors (Lipinski definition) is 1. The Morgan fingerprint density at radius 2 is 2.19 bits per heavy atom. The fourth-order valence-corrected chi connectivity index (χ4v) is 3.28. The average molecular weight is 250 g/mol. The van der Waals surface area contributed by atoms with Crippen molar-refractivity contribution >= 4 is 10.0 Å². The maximum absolute atomic E-state index is 12.0. The molecule has 1 heterocycles. The van der Waals surface area contributed by atoms with Gasteiger partial charge in [-0.15, -0.1) is 0 Å². The Kier molecular flexibility index (Phi) is 5.17. The number of rotatable bonds is 5. The standard InChI is InChI=1S/C10H22N2O3S/c1-9(2)15-6-7-16(13,14)12-5-4-11-8-10(12)3/h9-11H,4-8H2,1-3H3/t10-/m1/s1. The molecule has 1 saturated heterocycles. The van der Waals surface area contributed by atoms with Gasteiger partial charge in [-0.1, -0.05) is 0 Å². The molecule has 0 amide bonds. The van der Waals surface area contributed by atoms with Gasteiger partial charge < -0.3 is 10.1 Å². The molecule has 96 valence electrons. The molecule has 6 heteroatoms. The van der Waals surface area contributed by atoms with E-state index in [-0.39, 0.29) is 24.5 Å². The van der Waals surface area contributed by atoms with Crippen molar-refractivity contribution in [2.45, 2.75) is 32.9 Å². The topological polar surface area (TPSA) is 58.6 Å². The SMILES string of the molecule is CC(C)OCCS(=O)(=O)N1CCNC[C@H]1C. The molecule has 0 aromatic carbocycles. The molecule has 1 fully saturated rings. The Morgan fingerprint density at radius 3 is 2.75 bits per heavy atom. The molecule has 0 unspecified atom stereocenters. The Bertz CT molecular complexity index is 303. The van der Waals surface area contributed by atoms with Crippen LogP contribution in [0.2, 0.25) is 0 Å². The zero-order valence-electron chi connectivity index (χ0n) is 10.3. The predicted molar refractivity (Wildman–Crippen MR) is 63.9 cm³/mol. The van der Waals surface area contributed by atoms with Crippen LogP contribution in [0, 0.1) is 0 Å². The first-order valence-corrected chi connectivity index (χ1v) is 7.36. The molecule has 0 radical (unpaired) electrons. The molecule has 16 heavy (non-hydrogen) atoms. The van der Waals surface area contributed by atoms with Crippen molar-refractivity contribution in [1.29, 1.82) is 0 Å². The molecule has 1 rings (SSSR count). The largest absolute Gasteiger partial charge is 0.378 e. The van der Waals surface area contributed by atoms with Crippen LogP contribution in [0.5, 0.6) is 0 Å². The second-order valence-electron chi connectivity index (χ2n) is 4.40. The van der Waals surface area contributed by atoms with Crippen LogP contribution in [0.25, 0.3) is 0 Å². The minimum absolute atomic E-state index is 0.0396. The van der Waals surface area contributed by atoms with Gasteiger partial charge in [0.25, 0.3) is 0 Å². The molecule has 1 N–H and O–H groups in total. The summed E-state index contributed by atoms with van der Waals surface area (Å²) in [5.74, 6) is 0.0789. The summed E-state index contributed by atoms with van der Waals surface area (Å²) in [7, 11) is -3.16. The van der Waals surface area contributed by atoms with Crippen LogP contribution in [0.15, 0.2) is 0 Å². The normalized spacial score (nSPS) is 23.9. The van der Waals surface area contributed by atoms with Crippen molar-refractivity contribution in [3.8, 4) is 0 Å². The van der Waals surface area contributed by atoms with Gasteiger partial charge in [-0.3, -0.25) is 0 Å². The predicted octanol–water partition coefficient (Wildman–Crippen LogP) is 0.0349. The number of piperazine rings is 1. The van der Waals surface area contributed by atoms with Crippen LogP contribution in [-0.4, -0.2) is 56.9 Å². The summed E-state index contributed by atoms with van der Waals surface area (Å²) < 4.78 is 30.9. The second-order valence-corrected chi connectivity index (χ2v) is 6.44. The van der Waals surface area contributed by atoms with Crippen LogP contribution in [0.4, 0.5) is 0 Å². The van der Waals surface area contributed by atoms with E-state index in [4.69, 9.17) is 4.74 Å². The number of nitrogens with zero attached hydrogens (tertiary/aromatic N) is 1. The van der Waals surface area contributed by atoms with Crippen molar-refractivity contribution in [2.24, 2.45) is 0 Å². The number of sulfonamides is 1. The lowest BCUT2D eigenvalue weighted by atomic mass is 10.3. The molecule has 1 aliphatic rings. The summed E-state index contributed by atoms with van der Waals surface area (Å²) in [4.78, 5) is 0. The van der Waals surface area contributed by atoms with Gasteiger partial charge >= 0.3 is 0 Å². The lowest BCUT2D eigenvalue weighted by Crippen LogP contribution is -2.53. The molecule has 1 atom stereocenters. The quantitative estimate of drug-likeness (QED) is 0.748. The highest BCUT2D eigenvalue weighted by molar-refractivity contribution is 7.89. The van der Waals surface area contributed by atoms with Crippen molar-refractivity contribution in [3.05, 3.63) is 0 Å². The number of nitrogens with one attached hydrogen (secondary N) is 1. The van der Waals surface area contributed by atoms with Crippen LogP contribution in [0.3, 0.4) is 0 Å². The summed E-state index contributed by atoms with van der Waals surface area (Å²) in [6, 6.07) is 0.0396. The Hall–Kier alpha value is -0.170. The summed E-state index contributed by atoms with van der Waals surface area (Å²) in [6.07, 6.45) is 0.0793. The Balaban J connectivity index is 2.48. The average Bonchev–Trinajstić information content (AvgIpc) is 2.17. The van der Waals surface area contributed by atoms with Gasteiger partial charge in [0.1, 0.15) is 0 Å². The molecule has 5 nitrogen and oxygen atoms in total. The third-order valence-electron chi connectivity index (χ3n) is 2.59. The van der Waals surface area contributed by atoms with E-state index < -0.39 is 10.0 Å². The van der Waals surface area contributed by atoms with Gasteiger partial charge in [-0.25, -0.2) is 8.42 Å². The van der Waals surface area contributed by atoms with E-state index >= 15 is 0 Å². The van der Waals surface area contributed by atoms with E-state index in [1.807, 2.05) is 20.8 Å². The van der Waals surface area contributed by atoms with Crippen molar-refractivity contribution in [2.75, 3.05) is 32.0 Å². The van der Waals surface area contributed by atoms with Gasteiger partial charge in [0.15, 0.2) is 0 Å². The zero-order chi connectivity index (χ0) is 12.2. The van der Waals surface area contributed by atoms with Gasteiger partial charge in [0.2, 0.25) is 10.0 Å². The van der Waals surface area contributed by atoms with Gasteiger partial charge in [-0.05, 0) is 20.8 Å². The minimum atomic E-state index is -3.16. The molecular weight excluding hydrogens is 228 g/mol. The summed E-state index contributed by atoms with van der Waals surface area (Å²) in [6.45, 7) is 8.02. The highest BCUT2D eigenvalue weighted by Gasteiger charge is 2.28. The maximum Gasteiger partial charge on any atom is 0.216 e. The fraction of sp³-hybridized carbons (Fsp3) is 1.00. The van der Waals surface area contributed by atoms with Crippen molar-refractivity contribution < 1.29 is 13.2 Å². The van der Waals surface area contributed by atoms with E-state index in [0.29, 0.717) is 6.54 Å². The van der Waals surface area contributed by atoms with E-state index in [9.17, 15) is 8.42 Å². The first kappa shape index (κ1) is 13.9. The maximum atomic E-state index is 12.0. The molecule has 0 aliphatic carbocycles. The summed E-state index contributed by atoms with van der Waals surface area (Å²) >= 11 is 0. The van der Waals surface area contributed by atoms with Crippen molar-refractivity contribution in [1.82, 2.24) is 9.62 Å². The molecular formula is C10H22N2O3S. The highest BCUT2D eigenvalue weighted by atomic mass is 32.2. The van der Waals surface area contributed by atoms with E-state index in [1.54, 1.807) is 4.31 Å². The lowest BCUT2D eigenvalue weighted by Gasteiger charge is -2.32. The smallest absolute Gasteiger partial charge is 0.216 e. The monoisotopic (exact) mass is 250 g/mol. The first-order valence-electron chi connectivity index (χ1n) is 5.75. The minimum Gasteiger partial charge on any atom is -0.378 e. The molecule has 0 aromatic rings. The van der Waals surface area contributed by atoms with Gasteiger partial charge in [0.05, 0.1) is 18.5 Å². The second kappa shape index (κ2) is 5.95.